The summed E-state index contributed by atoms with van der Waals surface area (Å²) < 4.78 is 4.80. The topological polar surface area (TPSA) is 75.6 Å². The van der Waals surface area contributed by atoms with Crippen LogP contribution in [0, 0.1) is 0 Å². The zero-order valence-corrected chi connectivity index (χ0v) is 8.74. The number of amides is 1. The van der Waals surface area contributed by atoms with Crippen LogP contribution in [0.2, 0.25) is 0 Å². The van der Waals surface area contributed by atoms with Crippen molar-refractivity contribution in [2.24, 2.45) is 0 Å². The number of carboxylic acid groups (broad SMARTS) is 1. The fraction of sp³-hybridized carbons (Fsp3) is 0.778. The summed E-state index contributed by atoms with van der Waals surface area (Å²) in [5.74, 6) is -1.19. The van der Waals surface area contributed by atoms with E-state index in [1.54, 1.807) is 6.92 Å². The third-order valence-corrected chi connectivity index (χ3v) is 1.98. The van der Waals surface area contributed by atoms with E-state index in [4.69, 9.17) is 9.84 Å². The zero-order valence-electron chi connectivity index (χ0n) is 8.74. The Balaban J connectivity index is 4.04. The largest absolute Gasteiger partial charge is 0.481 e. The third-order valence-electron chi connectivity index (χ3n) is 1.98. The van der Waals surface area contributed by atoms with E-state index < -0.39 is 12.1 Å². The van der Waals surface area contributed by atoms with Gasteiger partial charge in [0.15, 0.2) is 0 Å². The van der Waals surface area contributed by atoms with Crippen LogP contribution in [0.1, 0.15) is 26.7 Å². The molecule has 14 heavy (non-hydrogen) atoms. The van der Waals surface area contributed by atoms with Crippen LogP contribution in [0.3, 0.4) is 0 Å². The van der Waals surface area contributed by atoms with E-state index in [2.05, 4.69) is 5.32 Å². The number of ether oxygens (including phenoxy) is 1. The normalized spacial score (nSPS) is 14.5. The first-order chi connectivity index (χ1) is 6.51. The van der Waals surface area contributed by atoms with Crippen molar-refractivity contribution >= 4 is 11.9 Å². The van der Waals surface area contributed by atoms with Gasteiger partial charge in [0.05, 0.1) is 6.42 Å². The molecule has 2 N–H and O–H groups in total. The maximum absolute atomic E-state index is 11.3. The van der Waals surface area contributed by atoms with Crippen LogP contribution >= 0.6 is 0 Å². The molecule has 82 valence electrons. The second kappa shape index (κ2) is 6.37. The van der Waals surface area contributed by atoms with E-state index in [9.17, 15) is 9.59 Å². The van der Waals surface area contributed by atoms with Gasteiger partial charge in [-0.3, -0.25) is 9.59 Å². The predicted molar refractivity (Wildman–Crippen MR) is 50.9 cm³/mol. The molecule has 0 aromatic carbocycles. The van der Waals surface area contributed by atoms with Gasteiger partial charge in [0.2, 0.25) is 5.91 Å². The Morgan fingerprint density at radius 3 is 2.43 bits per heavy atom. The Labute approximate surface area is 83.4 Å². The molecule has 5 nitrogen and oxygen atoms in total. The van der Waals surface area contributed by atoms with Gasteiger partial charge in [0.25, 0.3) is 0 Å². The second-order valence-corrected chi connectivity index (χ2v) is 3.09. The molecule has 5 heteroatoms. The van der Waals surface area contributed by atoms with Gasteiger partial charge >= 0.3 is 5.97 Å². The molecule has 0 aromatic heterocycles. The Bertz CT molecular complexity index is 205. The molecule has 0 saturated heterocycles. The number of rotatable bonds is 6. The van der Waals surface area contributed by atoms with Gasteiger partial charge in [-0.15, -0.1) is 0 Å². The summed E-state index contributed by atoms with van der Waals surface area (Å²) in [6, 6.07) is -0.322. The third kappa shape index (κ3) is 4.81. The Morgan fingerprint density at radius 1 is 1.50 bits per heavy atom. The highest BCUT2D eigenvalue weighted by Crippen LogP contribution is 1.99. The van der Waals surface area contributed by atoms with Crippen LogP contribution in [-0.2, 0) is 14.3 Å². The quantitative estimate of drug-likeness (QED) is 0.654. The standard InChI is InChI=1S/C9H17NO4/c1-4-7(5-8(11)12)10-9(13)6(2)14-3/h6-7H,4-5H2,1-3H3,(H,10,13)(H,11,12). The monoisotopic (exact) mass is 203 g/mol. The van der Waals surface area contributed by atoms with Crippen LogP contribution in [0.25, 0.3) is 0 Å². The van der Waals surface area contributed by atoms with E-state index in [0.717, 1.165) is 0 Å². The minimum Gasteiger partial charge on any atom is -0.481 e. The van der Waals surface area contributed by atoms with Crippen molar-refractivity contribution in [3.63, 3.8) is 0 Å². The summed E-state index contributed by atoms with van der Waals surface area (Å²) in [5, 5.41) is 11.1. The fourth-order valence-corrected chi connectivity index (χ4v) is 0.934. The first-order valence-corrected chi connectivity index (χ1v) is 4.56. The summed E-state index contributed by atoms with van der Waals surface area (Å²) in [5.41, 5.74) is 0. The molecule has 0 spiro atoms. The highest BCUT2D eigenvalue weighted by molar-refractivity contribution is 5.81. The van der Waals surface area contributed by atoms with Crippen LogP contribution in [0.15, 0.2) is 0 Å². The molecular weight excluding hydrogens is 186 g/mol. The maximum Gasteiger partial charge on any atom is 0.305 e. The lowest BCUT2D eigenvalue weighted by Crippen LogP contribution is -2.41. The number of carbonyl (C=O) groups excluding carboxylic acids is 1. The molecule has 0 bridgehead atoms. The lowest BCUT2D eigenvalue weighted by molar-refractivity contribution is -0.138. The minimum atomic E-state index is -0.915. The highest BCUT2D eigenvalue weighted by atomic mass is 16.5. The number of carboxylic acids is 1. The van der Waals surface area contributed by atoms with E-state index in [1.165, 1.54) is 7.11 Å². The fourth-order valence-electron chi connectivity index (χ4n) is 0.934. The van der Waals surface area contributed by atoms with Crippen molar-refractivity contribution in [1.82, 2.24) is 5.32 Å². The molecule has 0 saturated carbocycles. The van der Waals surface area contributed by atoms with Crippen molar-refractivity contribution in [1.29, 1.82) is 0 Å². The zero-order chi connectivity index (χ0) is 11.1. The van der Waals surface area contributed by atoms with Crippen LogP contribution in [0.5, 0.6) is 0 Å². The van der Waals surface area contributed by atoms with Crippen molar-refractivity contribution in [3.8, 4) is 0 Å². The molecule has 2 atom stereocenters. The Kier molecular flexibility index (Phi) is 5.87. The van der Waals surface area contributed by atoms with E-state index >= 15 is 0 Å². The number of hydrogen-bond acceptors (Lipinski definition) is 3. The number of hydrogen-bond donors (Lipinski definition) is 2. The molecule has 1 amide bonds. The highest BCUT2D eigenvalue weighted by Gasteiger charge is 2.17. The second-order valence-electron chi connectivity index (χ2n) is 3.09. The van der Waals surface area contributed by atoms with Crippen LogP contribution < -0.4 is 5.32 Å². The first-order valence-electron chi connectivity index (χ1n) is 4.56. The average molecular weight is 203 g/mol. The van der Waals surface area contributed by atoms with Crippen molar-refractivity contribution in [2.45, 2.75) is 38.8 Å². The maximum atomic E-state index is 11.3. The van der Waals surface area contributed by atoms with E-state index in [-0.39, 0.29) is 18.4 Å². The summed E-state index contributed by atoms with van der Waals surface area (Å²) in [7, 11) is 1.43. The minimum absolute atomic E-state index is 0.0569. The lowest BCUT2D eigenvalue weighted by atomic mass is 10.1. The van der Waals surface area contributed by atoms with E-state index in [0.29, 0.717) is 6.42 Å². The Morgan fingerprint density at radius 2 is 2.07 bits per heavy atom. The van der Waals surface area contributed by atoms with Crippen molar-refractivity contribution < 1.29 is 19.4 Å². The van der Waals surface area contributed by atoms with Gasteiger partial charge in [0.1, 0.15) is 6.10 Å². The molecule has 0 fully saturated rings. The number of nitrogens with one attached hydrogen (secondary N) is 1. The molecule has 0 aromatic rings. The SMILES string of the molecule is CCC(CC(=O)O)NC(=O)C(C)OC. The van der Waals surface area contributed by atoms with Crippen LogP contribution in [-0.4, -0.2) is 36.2 Å². The summed E-state index contributed by atoms with van der Waals surface area (Å²) in [6.45, 7) is 3.44. The smallest absolute Gasteiger partial charge is 0.305 e. The summed E-state index contributed by atoms with van der Waals surface area (Å²) >= 11 is 0. The first kappa shape index (κ1) is 12.9. The van der Waals surface area contributed by atoms with Gasteiger partial charge in [-0.05, 0) is 13.3 Å². The van der Waals surface area contributed by atoms with Gasteiger partial charge in [-0.1, -0.05) is 6.92 Å². The van der Waals surface area contributed by atoms with Crippen molar-refractivity contribution in [2.75, 3.05) is 7.11 Å². The van der Waals surface area contributed by atoms with Crippen LogP contribution in [0.4, 0.5) is 0 Å². The Hall–Kier alpha value is -1.10. The van der Waals surface area contributed by atoms with Crippen molar-refractivity contribution in [3.05, 3.63) is 0 Å². The molecule has 0 heterocycles. The summed E-state index contributed by atoms with van der Waals surface area (Å²) in [4.78, 5) is 21.7. The van der Waals surface area contributed by atoms with Gasteiger partial charge in [-0.2, -0.15) is 0 Å². The van der Waals surface area contributed by atoms with Gasteiger partial charge in [0, 0.05) is 13.2 Å². The van der Waals surface area contributed by atoms with Gasteiger partial charge in [-0.25, -0.2) is 0 Å². The van der Waals surface area contributed by atoms with E-state index in [1.807, 2.05) is 6.92 Å². The molecular formula is C9H17NO4. The molecule has 0 aliphatic heterocycles. The molecule has 0 aliphatic rings. The lowest BCUT2D eigenvalue weighted by Gasteiger charge is -2.17. The predicted octanol–water partition coefficient (Wildman–Crippen LogP) is 0.391. The molecule has 0 aliphatic carbocycles. The summed E-state index contributed by atoms with van der Waals surface area (Å²) in [6.07, 6.45) is -0.00879. The number of carbonyl (C=O) groups is 2. The average Bonchev–Trinajstić information content (AvgIpc) is 2.14. The molecule has 0 rings (SSSR count). The molecule has 0 radical (unpaired) electrons. The number of aliphatic carboxylic acids is 1. The number of methoxy groups -OCH3 is 1. The van der Waals surface area contributed by atoms with Gasteiger partial charge < -0.3 is 15.2 Å². The molecule has 2 unspecified atom stereocenters.